The summed E-state index contributed by atoms with van der Waals surface area (Å²) in [4.78, 5) is 4.15. The van der Waals surface area contributed by atoms with Gasteiger partial charge in [-0.05, 0) is 61.5 Å². The van der Waals surface area contributed by atoms with Gasteiger partial charge >= 0.3 is 0 Å². The van der Waals surface area contributed by atoms with E-state index in [4.69, 9.17) is 0 Å². The number of aliphatic hydroxyl groups is 1. The van der Waals surface area contributed by atoms with Gasteiger partial charge in [0.05, 0.1) is 6.10 Å². The van der Waals surface area contributed by atoms with Crippen molar-refractivity contribution >= 4 is 11.3 Å². The minimum atomic E-state index is -0.0766. The quantitative estimate of drug-likeness (QED) is 0.896. The molecule has 0 bridgehead atoms. The van der Waals surface area contributed by atoms with Crippen LogP contribution in [0, 0.1) is 11.8 Å². The summed E-state index contributed by atoms with van der Waals surface area (Å²) in [7, 11) is 0. The van der Waals surface area contributed by atoms with E-state index in [0.29, 0.717) is 12.0 Å². The fraction of sp³-hybridized carbons (Fsp3) is 0.750. The van der Waals surface area contributed by atoms with Gasteiger partial charge in [0.25, 0.3) is 0 Å². The third kappa shape index (κ3) is 2.74. The predicted octanol–water partition coefficient (Wildman–Crippen LogP) is 3.46. The van der Waals surface area contributed by atoms with Crippen LogP contribution in [0.5, 0.6) is 0 Å². The van der Waals surface area contributed by atoms with E-state index >= 15 is 0 Å². The Morgan fingerprint density at radius 3 is 3.05 bits per heavy atom. The van der Waals surface area contributed by atoms with Crippen LogP contribution in [0.15, 0.2) is 11.4 Å². The van der Waals surface area contributed by atoms with Crippen LogP contribution < -0.4 is 0 Å². The number of hydrogen-bond acceptors (Lipinski definition) is 3. The van der Waals surface area contributed by atoms with Crippen LogP contribution >= 0.6 is 11.3 Å². The first-order valence-electron chi connectivity index (χ1n) is 7.63. The number of fused-ring (bicyclic) bond motifs is 1. The molecule has 1 aromatic heterocycles. The summed E-state index contributed by atoms with van der Waals surface area (Å²) >= 11 is 1.90. The summed E-state index contributed by atoms with van der Waals surface area (Å²) in [6, 6.07) is 2.82. The number of nitrogens with zero attached hydrogens (tertiary/aromatic N) is 1. The first kappa shape index (κ1) is 13.6. The van der Waals surface area contributed by atoms with Crippen molar-refractivity contribution in [3.63, 3.8) is 0 Å². The Labute approximate surface area is 120 Å². The minimum Gasteiger partial charge on any atom is -0.393 e. The van der Waals surface area contributed by atoms with Crippen molar-refractivity contribution in [3.8, 4) is 0 Å². The summed E-state index contributed by atoms with van der Waals surface area (Å²) < 4.78 is 0. The van der Waals surface area contributed by atoms with E-state index in [1.54, 1.807) is 4.88 Å². The Hall–Kier alpha value is -0.380. The molecule has 0 amide bonds. The van der Waals surface area contributed by atoms with Crippen molar-refractivity contribution in [2.45, 2.75) is 51.7 Å². The Balaban J connectivity index is 1.67. The fourth-order valence-electron chi connectivity index (χ4n) is 3.79. The highest BCUT2D eigenvalue weighted by atomic mass is 32.1. The lowest BCUT2D eigenvalue weighted by Gasteiger charge is -2.40. The standard InChI is InChI=1S/C16H25NOS/c1-11-3-4-15(18)13(9-11)10-17-7-5-16-14(12(17)2)6-8-19-16/h6,8,11-13,15,18H,3-5,7,9-10H2,1-2H3. The maximum atomic E-state index is 10.2. The van der Waals surface area contributed by atoms with Crippen molar-refractivity contribution < 1.29 is 5.11 Å². The second kappa shape index (κ2) is 5.55. The highest BCUT2D eigenvalue weighted by Crippen LogP contribution is 2.36. The van der Waals surface area contributed by atoms with Crippen molar-refractivity contribution in [1.29, 1.82) is 0 Å². The molecule has 106 valence electrons. The third-order valence-electron chi connectivity index (χ3n) is 5.08. The van der Waals surface area contributed by atoms with E-state index < -0.39 is 0 Å². The summed E-state index contributed by atoms with van der Waals surface area (Å²) in [5.74, 6) is 1.26. The smallest absolute Gasteiger partial charge is 0.0580 e. The monoisotopic (exact) mass is 279 g/mol. The van der Waals surface area contributed by atoms with E-state index in [9.17, 15) is 5.11 Å². The van der Waals surface area contributed by atoms with E-state index in [-0.39, 0.29) is 6.10 Å². The van der Waals surface area contributed by atoms with E-state index in [2.05, 4.69) is 30.2 Å². The second-order valence-corrected chi connectivity index (χ2v) is 7.47. The van der Waals surface area contributed by atoms with Gasteiger partial charge in [0, 0.05) is 24.0 Å². The van der Waals surface area contributed by atoms with Crippen molar-refractivity contribution in [2.24, 2.45) is 11.8 Å². The Kier molecular flexibility index (Phi) is 3.97. The second-order valence-electron chi connectivity index (χ2n) is 6.47. The molecule has 1 aromatic rings. The van der Waals surface area contributed by atoms with Crippen molar-refractivity contribution in [2.75, 3.05) is 13.1 Å². The lowest BCUT2D eigenvalue weighted by atomic mass is 9.79. The first-order chi connectivity index (χ1) is 9.15. The topological polar surface area (TPSA) is 23.5 Å². The zero-order valence-corrected chi connectivity index (χ0v) is 12.8. The average molecular weight is 279 g/mol. The molecule has 19 heavy (non-hydrogen) atoms. The van der Waals surface area contributed by atoms with Crippen LogP contribution in [0.1, 0.15) is 49.6 Å². The van der Waals surface area contributed by atoms with Crippen LogP contribution in [-0.4, -0.2) is 29.2 Å². The van der Waals surface area contributed by atoms with Gasteiger partial charge in [-0.1, -0.05) is 6.92 Å². The molecule has 0 saturated heterocycles. The highest BCUT2D eigenvalue weighted by molar-refractivity contribution is 7.10. The minimum absolute atomic E-state index is 0.0766. The lowest BCUT2D eigenvalue weighted by Crippen LogP contribution is -2.42. The largest absolute Gasteiger partial charge is 0.393 e. The third-order valence-corrected chi connectivity index (χ3v) is 6.07. The molecule has 0 aromatic carbocycles. The lowest BCUT2D eigenvalue weighted by molar-refractivity contribution is 0.0215. The Bertz CT molecular complexity index is 430. The molecule has 1 aliphatic heterocycles. The zero-order chi connectivity index (χ0) is 13.4. The average Bonchev–Trinajstić information content (AvgIpc) is 2.86. The Morgan fingerprint density at radius 2 is 2.21 bits per heavy atom. The van der Waals surface area contributed by atoms with Gasteiger partial charge in [0.2, 0.25) is 0 Å². The normalized spacial score (nSPS) is 36.2. The molecule has 1 aliphatic carbocycles. The highest BCUT2D eigenvalue weighted by Gasteiger charge is 2.32. The molecular formula is C16H25NOS. The van der Waals surface area contributed by atoms with Gasteiger partial charge in [0.15, 0.2) is 0 Å². The van der Waals surface area contributed by atoms with E-state index in [1.807, 2.05) is 11.3 Å². The summed E-state index contributed by atoms with van der Waals surface area (Å²) in [5.41, 5.74) is 1.52. The maximum Gasteiger partial charge on any atom is 0.0580 e. The summed E-state index contributed by atoms with van der Waals surface area (Å²) in [5, 5.41) is 12.5. The van der Waals surface area contributed by atoms with Crippen LogP contribution in [-0.2, 0) is 6.42 Å². The van der Waals surface area contributed by atoms with E-state index in [1.165, 1.54) is 24.8 Å². The first-order valence-corrected chi connectivity index (χ1v) is 8.51. The maximum absolute atomic E-state index is 10.2. The molecule has 2 aliphatic rings. The summed E-state index contributed by atoms with van der Waals surface area (Å²) in [6.45, 7) is 6.88. The number of aliphatic hydroxyl groups excluding tert-OH is 1. The van der Waals surface area contributed by atoms with Gasteiger partial charge < -0.3 is 5.11 Å². The van der Waals surface area contributed by atoms with Crippen LogP contribution in [0.2, 0.25) is 0 Å². The van der Waals surface area contributed by atoms with Crippen molar-refractivity contribution in [3.05, 3.63) is 21.9 Å². The molecule has 3 rings (SSSR count). The number of hydrogen-bond donors (Lipinski definition) is 1. The zero-order valence-electron chi connectivity index (χ0n) is 12.0. The molecule has 1 N–H and O–H groups in total. The molecule has 4 atom stereocenters. The number of thiophene rings is 1. The summed E-state index contributed by atoms with van der Waals surface area (Å²) in [6.07, 6.45) is 4.50. The Morgan fingerprint density at radius 1 is 1.37 bits per heavy atom. The van der Waals surface area contributed by atoms with E-state index in [0.717, 1.165) is 25.4 Å². The molecule has 4 unspecified atom stereocenters. The molecule has 1 saturated carbocycles. The van der Waals surface area contributed by atoms with Gasteiger partial charge in [-0.25, -0.2) is 0 Å². The van der Waals surface area contributed by atoms with Crippen LogP contribution in [0.4, 0.5) is 0 Å². The van der Waals surface area contributed by atoms with Gasteiger partial charge in [-0.2, -0.15) is 0 Å². The van der Waals surface area contributed by atoms with Crippen molar-refractivity contribution in [1.82, 2.24) is 4.90 Å². The predicted molar refractivity (Wildman–Crippen MR) is 80.5 cm³/mol. The SMILES string of the molecule is CC1CCC(O)C(CN2CCc3sccc3C2C)C1. The van der Waals surface area contributed by atoms with Crippen LogP contribution in [0.25, 0.3) is 0 Å². The van der Waals surface area contributed by atoms with Gasteiger partial charge in [0.1, 0.15) is 0 Å². The van der Waals surface area contributed by atoms with Crippen LogP contribution in [0.3, 0.4) is 0 Å². The van der Waals surface area contributed by atoms with Gasteiger partial charge in [-0.3, -0.25) is 4.90 Å². The number of rotatable bonds is 2. The molecule has 1 fully saturated rings. The molecule has 2 nitrogen and oxygen atoms in total. The molecule has 0 spiro atoms. The molecule has 2 heterocycles. The fourth-order valence-corrected chi connectivity index (χ4v) is 4.75. The molecular weight excluding hydrogens is 254 g/mol. The molecule has 0 radical (unpaired) electrons. The molecule has 3 heteroatoms. The van der Waals surface area contributed by atoms with Gasteiger partial charge in [-0.15, -0.1) is 11.3 Å².